The summed E-state index contributed by atoms with van der Waals surface area (Å²) in [6.07, 6.45) is 1.72. The van der Waals surface area contributed by atoms with Crippen LogP contribution in [0.25, 0.3) is 0 Å². The summed E-state index contributed by atoms with van der Waals surface area (Å²) in [4.78, 5) is 25.4. The molecule has 4 nitrogen and oxygen atoms in total. The third-order valence-electron chi connectivity index (χ3n) is 4.43. The van der Waals surface area contributed by atoms with Crippen LogP contribution in [0.4, 0.5) is 0 Å². The van der Waals surface area contributed by atoms with Crippen molar-refractivity contribution in [3.8, 4) is 0 Å². The molecule has 1 aliphatic rings. The Morgan fingerprint density at radius 1 is 1.04 bits per heavy atom. The molecule has 130 valence electrons. The van der Waals surface area contributed by atoms with Crippen molar-refractivity contribution in [2.24, 2.45) is 0 Å². The van der Waals surface area contributed by atoms with Crippen molar-refractivity contribution < 1.29 is 14.7 Å². The number of carbonyl (C=O) groups excluding carboxylic acids is 1. The monoisotopic (exact) mass is 377 g/mol. The number of hydrogen-bond donors (Lipinski definition) is 1. The van der Waals surface area contributed by atoms with E-state index in [1.54, 1.807) is 29.2 Å². The number of carboxylic acids is 1. The first-order valence-corrected chi connectivity index (χ1v) is 8.76. The number of benzene rings is 2. The fraction of sp³-hybridized carbons (Fsp3) is 0.263. The van der Waals surface area contributed by atoms with E-state index in [4.69, 9.17) is 28.3 Å². The Balaban J connectivity index is 1.64. The van der Waals surface area contributed by atoms with Crippen molar-refractivity contribution >= 4 is 35.1 Å². The number of aryl methyl sites for hydroxylation is 1. The third-order valence-corrected chi connectivity index (χ3v) is 5.17. The molecule has 2 aromatic carbocycles. The van der Waals surface area contributed by atoms with Crippen LogP contribution in [0.15, 0.2) is 36.4 Å². The number of amides is 1. The molecule has 3 rings (SSSR count). The molecule has 25 heavy (non-hydrogen) atoms. The van der Waals surface area contributed by atoms with E-state index < -0.39 is 5.97 Å². The lowest BCUT2D eigenvalue weighted by Crippen LogP contribution is -2.36. The number of halogens is 2. The van der Waals surface area contributed by atoms with Crippen molar-refractivity contribution in [1.29, 1.82) is 0 Å². The van der Waals surface area contributed by atoms with Crippen molar-refractivity contribution in [2.75, 3.05) is 6.54 Å². The second-order valence-electron chi connectivity index (χ2n) is 6.10. The Labute approximate surface area is 156 Å². The van der Waals surface area contributed by atoms with E-state index in [0.29, 0.717) is 36.0 Å². The first-order valence-electron chi connectivity index (χ1n) is 8.01. The Kier molecular flexibility index (Phi) is 5.30. The first kappa shape index (κ1) is 17.8. The van der Waals surface area contributed by atoms with Gasteiger partial charge in [-0.25, -0.2) is 4.79 Å². The van der Waals surface area contributed by atoms with Gasteiger partial charge in [0.25, 0.3) is 0 Å². The van der Waals surface area contributed by atoms with Gasteiger partial charge in [0.15, 0.2) is 0 Å². The highest BCUT2D eigenvalue weighted by Gasteiger charge is 2.21. The van der Waals surface area contributed by atoms with Gasteiger partial charge in [0.05, 0.1) is 15.6 Å². The zero-order chi connectivity index (χ0) is 18.0. The van der Waals surface area contributed by atoms with Crippen LogP contribution < -0.4 is 0 Å². The van der Waals surface area contributed by atoms with E-state index in [9.17, 15) is 9.59 Å². The summed E-state index contributed by atoms with van der Waals surface area (Å²) in [6, 6.07) is 10.5. The molecule has 0 bridgehead atoms. The summed E-state index contributed by atoms with van der Waals surface area (Å²) in [7, 11) is 0. The number of aromatic carboxylic acids is 1. The Hall–Kier alpha value is -2.04. The summed E-state index contributed by atoms with van der Waals surface area (Å²) in [5.74, 6) is -0.900. The smallest absolute Gasteiger partial charge is 0.335 e. The number of rotatable bonds is 4. The van der Waals surface area contributed by atoms with E-state index in [2.05, 4.69) is 0 Å². The highest BCUT2D eigenvalue weighted by Crippen LogP contribution is 2.24. The van der Waals surface area contributed by atoms with Crippen LogP contribution in [0.1, 0.15) is 33.5 Å². The maximum absolute atomic E-state index is 12.5. The van der Waals surface area contributed by atoms with E-state index in [1.165, 1.54) is 0 Å². The number of nitrogens with zero attached hydrogens (tertiary/aromatic N) is 1. The number of fused-ring (bicyclic) bond motifs is 1. The molecule has 1 aliphatic heterocycles. The molecule has 0 unspecified atom stereocenters. The molecule has 0 aromatic heterocycles. The average Bonchev–Trinajstić information content (AvgIpc) is 2.61. The minimum Gasteiger partial charge on any atom is -0.478 e. The van der Waals surface area contributed by atoms with E-state index >= 15 is 0 Å². The van der Waals surface area contributed by atoms with Crippen LogP contribution in [-0.4, -0.2) is 28.4 Å². The third kappa shape index (κ3) is 4.14. The van der Waals surface area contributed by atoms with Gasteiger partial charge >= 0.3 is 5.97 Å². The zero-order valence-electron chi connectivity index (χ0n) is 13.5. The highest BCUT2D eigenvalue weighted by atomic mass is 35.5. The van der Waals surface area contributed by atoms with Crippen molar-refractivity contribution in [2.45, 2.75) is 25.8 Å². The fourth-order valence-electron chi connectivity index (χ4n) is 3.01. The lowest BCUT2D eigenvalue weighted by atomic mass is 9.97. The molecule has 1 amide bonds. The fourth-order valence-corrected chi connectivity index (χ4v) is 3.33. The Bertz CT molecular complexity index is 835. The topological polar surface area (TPSA) is 57.6 Å². The van der Waals surface area contributed by atoms with Gasteiger partial charge < -0.3 is 10.0 Å². The predicted molar refractivity (Wildman–Crippen MR) is 97.3 cm³/mol. The maximum Gasteiger partial charge on any atom is 0.335 e. The number of hydrogen-bond acceptors (Lipinski definition) is 2. The molecule has 6 heteroatoms. The Morgan fingerprint density at radius 2 is 1.84 bits per heavy atom. The number of carbonyl (C=O) groups is 2. The van der Waals surface area contributed by atoms with Crippen molar-refractivity contribution in [3.05, 3.63) is 68.7 Å². The lowest BCUT2D eigenvalue weighted by molar-refractivity contribution is -0.132. The van der Waals surface area contributed by atoms with Crippen LogP contribution in [0, 0.1) is 0 Å². The van der Waals surface area contributed by atoms with Crippen LogP contribution in [0.2, 0.25) is 10.0 Å². The van der Waals surface area contributed by atoms with Gasteiger partial charge in [-0.2, -0.15) is 0 Å². The van der Waals surface area contributed by atoms with Crippen LogP contribution in [0.3, 0.4) is 0 Å². The molecular weight excluding hydrogens is 361 g/mol. The second kappa shape index (κ2) is 7.46. The molecule has 0 spiro atoms. The van der Waals surface area contributed by atoms with Crippen LogP contribution in [-0.2, 0) is 24.2 Å². The van der Waals surface area contributed by atoms with Crippen molar-refractivity contribution in [3.63, 3.8) is 0 Å². The van der Waals surface area contributed by atoms with Gasteiger partial charge in [-0.1, -0.05) is 35.3 Å². The SMILES string of the molecule is O=C(O)c1ccc2c(c1)CN(C(=O)CCc1ccc(Cl)c(Cl)c1)CC2. The van der Waals surface area contributed by atoms with Gasteiger partial charge in [-0.15, -0.1) is 0 Å². The molecule has 2 aromatic rings. The number of carboxylic acid groups (broad SMARTS) is 1. The van der Waals surface area contributed by atoms with Gasteiger partial charge in [0, 0.05) is 19.5 Å². The molecule has 0 atom stereocenters. The summed E-state index contributed by atoms with van der Waals surface area (Å²) in [6.45, 7) is 1.11. The summed E-state index contributed by atoms with van der Waals surface area (Å²) < 4.78 is 0. The minimum absolute atomic E-state index is 0.0532. The van der Waals surface area contributed by atoms with E-state index in [0.717, 1.165) is 23.1 Å². The van der Waals surface area contributed by atoms with Crippen molar-refractivity contribution in [1.82, 2.24) is 4.90 Å². The highest BCUT2D eigenvalue weighted by molar-refractivity contribution is 6.42. The normalized spacial score (nSPS) is 13.4. The quantitative estimate of drug-likeness (QED) is 0.867. The second-order valence-corrected chi connectivity index (χ2v) is 6.92. The van der Waals surface area contributed by atoms with Crippen LogP contribution in [0.5, 0.6) is 0 Å². The minimum atomic E-state index is -0.953. The van der Waals surface area contributed by atoms with Gasteiger partial charge in [-0.3, -0.25) is 4.79 Å². The first-order chi connectivity index (χ1) is 11.9. The zero-order valence-corrected chi connectivity index (χ0v) is 15.0. The molecular formula is C19H17Cl2NO3. The summed E-state index contributed by atoms with van der Waals surface area (Å²) >= 11 is 11.9. The van der Waals surface area contributed by atoms with E-state index in [1.807, 2.05) is 12.1 Å². The summed E-state index contributed by atoms with van der Waals surface area (Å²) in [5, 5.41) is 10.1. The molecule has 0 aliphatic carbocycles. The molecule has 1 heterocycles. The Morgan fingerprint density at radius 3 is 2.56 bits per heavy atom. The molecule has 0 fully saturated rings. The largest absolute Gasteiger partial charge is 0.478 e. The summed E-state index contributed by atoms with van der Waals surface area (Å²) in [5.41, 5.74) is 3.24. The average molecular weight is 378 g/mol. The predicted octanol–water partition coefficient (Wildman–Crippen LogP) is 4.21. The van der Waals surface area contributed by atoms with Crippen LogP contribution >= 0.6 is 23.2 Å². The molecule has 0 saturated heterocycles. The lowest BCUT2D eigenvalue weighted by Gasteiger charge is -2.29. The van der Waals surface area contributed by atoms with Gasteiger partial charge in [0.1, 0.15) is 0 Å². The maximum atomic E-state index is 12.5. The standard InChI is InChI=1S/C19H17Cl2NO3/c20-16-5-1-12(9-17(16)21)2-6-18(23)22-8-7-13-3-4-14(19(24)25)10-15(13)11-22/h1,3-5,9-10H,2,6-8,11H2,(H,24,25). The molecule has 1 N–H and O–H groups in total. The molecule has 0 saturated carbocycles. The van der Waals surface area contributed by atoms with Gasteiger partial charge in [0.2, 0.25) is 5.91 Å². The molecule has 0 radical (unpaired) electrons. The van der Waals surface area contributed by atoms with E-state index in [-0.39, 0.29) is 11.5 Å². The van der Waals surface area contributed by atoms with Gasteiger partial charge in [-0.05, 0) is 53.8 Å².